The fourth-order valence-corrected chi connectivity index (χ4v) is 2.73. The highest BCUT2D eigenvalue weighted by atomic mass is 35.5. The van der Waals surface area contributed by atoms with E-state index in [4.69, 9.17) is 23.2 Å². The van der Waals surface area contributed by atoms with Crippen LogP contribution in [0.3, 0.4) is 0 Å². The second-order valence-electron chi connectivity index (χ2n) is 4.62. The van der Waals surface area contributed by atoms with Crippen LogP contribution in [0, 0.1) is 5.92 Å². The van der Waals surface area contributed by atoms with E-state index in [9.17, 15) is 4.79 Å². The zero-order valence-corrected chi connectivity index (χ0v) is 11.3. The van der Waals surface area contributed by atoms with Crippen molar-refractivity contribution < 1.29 is 4.79 Å². The Kier molecular flexibility index (Phi) is 3.59. The van der Waals surface area contributed by atoms with Gasteiger partial charge in [0.25, 0.3) is 5.91 Å². The average Bonchev–Trinajstić information content (AvgIpc) is 2.57. The highest BCUT2D eigenvalue weighted by Gasteiger charge is 2.31. The van der Waals surface area contributed by atoms with Gasteiger partial charge < -0.3 is 4.90 Å². The van der Waals surface area contributed by atoms with E-state index in [1.54, 1.807) is 12.1 Å². The van der Waals surface area contributed by atoms with Crippen LogP contribution in [0.4, 0.5) is 0 Å². The first-order chi connectivity index (χ1) is 7.99. The summed E-state index contributed by atoms with van der Waals surface area (Å²) in [6.07, 6.45) is 1.03. The summed E-state index contributed by atoms with van der Waals surface area (Å²) < 4.78 is 0. The summed E-state index contributed by atoms with van der Waals surface area (Å²) in [5.74, 6) is 0.476. The van der Waals surface area contributed by atoms with E-state index in [1.807, 2.05) is 4.90 Å². The predicted octanol–water partition coefficient (Wildman–Crippen LogP) is 3.26. The van der Waals surface area contributed by atoms with Crippen molar-refractivity contribution in [1.82, 2.24) is 9.88 Å². The molecule has 2 unspecified atom stereocenters. The standard InChI is InChI=1S/C12H14Cl2N2O/c1-7-5-8(2)16(6-7)12(17)9-3-4-10(13)15-11(9)14/h3-4,7-8H,5-6H2,1-2H3. The van der Waals surface area contributed by atoms with Gasteiger partial charge in [-0.15, -0.1) is 0 Å². The lowest BCUT2D eigenvalue weighted by atomic mass is 10.1. The molecule has 2 atom stereocenters. The van der Waals surface area contributed by atoms with Gasteiger partial charge in [-0.3, -0.25) is 4.79 Å². The minimum atomic E-state index is -0.0592. The lowest BCUT2D eigenvalue weighted by molar-refractivity contribution is 0.0743. The molecule has 1 aliphatic rings. The molecule has 92 valence electrons. The molecule has 0 radical (unpaired) electrons. The van der Waals surface area contributed by atoms with Gasteiger partial charge in [0.05, 0.1) is 5.56 Å². The van der Waals surface area contributed by atoms with Crippen LogP contribution >= 0.6 is 23.2 Å². The molecule has 0 aliphatic carbocycles. The van der Waals surface area contributed by atoms with Gasteiger partial charge >= 0.3 is 0 Å². The third-order valence-electron chi connectivity index (χ3n) is 3.09. The molecule has 0 saturated carbocycles. The number of likely N-dealkylation sites (tertiary alicyclic amines) is 1. The minimum absolute atomic E-state index is 0.0592. The van der Waals surface area contributed by atoms with Crippen molar-refractivity contribution in [2.75, 3.05) is 6.54 Å². The Labute approximate surface area is 111 Å². The molecule has 1 aromatic rings. The molecule has 1 aliphatic heterocycles. The van der Waals surface area contributed by atoms with Crippen LogP contribution in [-0.2, 0) is 0 Å². The lowest BCUT2D eigenvalue weighted by Gasteiger charge is -2.21. The molecule has 5 heteroatoms. The molecule has 1 fully saturated rings. The third kappa shape index (κ3) is 2.55. The van der Waals surface area contributed by atoms with Crippen LogP contribution < -0.4 is 0 Å². The molecule has 17 heavy (non-hydrogen) atoms. The van der Waals surface area contributed by atoms with E-state index in [-0.39, 0.29) is 17.1 Å². The first kappa shape index (κ1) is 12.7. The van der Waals surface area contributed by atoms with Crippen molar-refractivity contribution in [2.24, 2.45) is 5.92 Å². The molecule has 1 aromatic heterocycles. The topological polar surface area (TPSA) is 33.2 Å². The summed E-state index contributed by atoms with van der Waals surface area (Å²) in [6, 6.07) is 3.48. The number of amides is 1. The van der Waals surface area contributed by atoms with Crippen molar-refractivity contribution in [1.29, 1.82) is 0 Å². The molecule has 2 heterocycles. The number of aromatic nitrogens is 1. The summed E-state index contributed by atoms with van der Waals surface area (Å²) in [5.41, 5.74) is 0.428. The van der Waals surface area contributed by atoms with E-state index in [2.05, 4.69) is 18.8 Å². The Bertz CT molecular complexity index is 450. The Morgan fingerprint density at radius 2 is 2.12 bits per heavy atom. The Balaban J connectivity index is 2.25. The fraction of sp³-hybridized carbons (Fsp3) is 0.500. The number of hydrogen-bond acceptors (Lipinski definition) is 2. The van der Waals surface area contributed by atoms with E-state index < -0.39 is 0 Å². The maximum atomic E-state index is 12.3. The summed E-state index contributed by atoms with van der Waals surface area (Å²) >= 11 is 11.7. The highest BCUT2D eigenvalue weighted by Crippen LogP contribution is 2.26. The van der Waals surface area contributed by atoms with Crippen LogP contribution in [0.2, 0.25) is 10.3 Å². The highest BCUT2D eigenvalue weighted by molar-refractivity contribution is 6.34. The van der Waals surface area contributed by atoms with Crippen molar-refractivity contribution in [3.8, 4) is 0 Å². The number of carbonyl (C=O) groups is 1. The normalized spacial score (nSPS) is 24.1. The second kappa shape index (κ2) is 4.83. The molecule has 0 aromatic carbocycles. The molecule has 1 amide bonds. The van der Waals surface area contributed by atoms with Gasteiger partial charge in [0.15, 0.2) is 0 Å². The van der Waals surface area contributed by atoms with Gasteiger partial charge in [-0.25, -0.2) is 4.98 Å². The van der Waals surface area contributed by atoms with Crippen molar-refractivity contribution >= 4 is 29.1 Å². The Hall–Kier alpha value is -0.800. The Morgan fingerprint density at radius 3 is 2.65 bits per heavy atom. The smallest absolute Gasteiger partial charge is 0.257 e. The summed E-state index contributed by atoms with van der Waals surface area (Å²) in [7, 11) is 0. The van der Waals surface area contributed by atoms with Crippen LogP contribution in [-0.4, -0.2) is 28.4 Å². The third-order valence-corrected chi connectivity index (χ3v) is 3.59. The average molecular weight is 273 g/mol. The van der Waals surface area contributed by atoms with Crippen LogP contribution in [0.25, 0.3) is 0 Å². The number of hydrogen-bond donors (Lipinski definition) is 0. The molecular weight excluding hydrogens is 259 g/mol. The van der Waals surface area contributed by atoms with Gasteiger partial charge in [-0.05, 0) is 31.4 Å². The van der Waals surface area contributed by atoms with Gasteiger partial charge in [0.1, 0.15) is 10.3 Å². The number of rotatable bonds is 1. The van der Waals surface area contributed by atoms with Crippen LogP contribution in [0.5, 0.6) is 0 Å². The van der Waals surface area contributed by atoms with Crippen molar-refractivity contribution in [3.63, 3.8) is 0 Å². The predicted molar refractivity (Wildman–Crippen MR) is 68.5 cm³/mol. The quantitative estimate of drug-likeness (QED) is 0.736. The molecule has 3 nitrogen and oxygen atoms in total. The first-order valence-corrected chi connectivity index (χ1v) is 6.37. The maximum Gasteiger partial charge on any atom is 0.257 e. The molecular formula is C12H14Cl2N2O. The fourth-order valence-electron chi connectivity index (χ4n) is 2.31. The van der Waals surface area contributed by atoms with Gasteiger partial charge in [-0.1, -0.05) is 30.1 Å². The summed E-state index contributed by atoms with van der Waals surface area (Å²) in [5, 5.41) is 0.476. The van der Waals surface area contributed by atoms with Crippen LogP contribution in [0.1, 0.15) is 30.6 Å². The van der Waals surface area contributed by atoms with E-state index in [0.717, 1.165) is 13.0 Å². The van der Waals surface area contributed by atoms with E-state index >= 15 is 0 Å². The molecule has 0 N–H and O–H groups in total. The SMILES string of the molecule is CC1CC(C)N(C(=O)c2ccc(Cl)nc2Cl)C1. The molecule has 2 rings (SSSR count). The monoisotopic (exact) mass is 272 g/mol. The second-order valence-corrected chi connectivity index (χ2v) is 5.37. The van der Waals surface area contributed by atoms with Crippen molar-refractivity contribution in [3.05, 3.63) is 28.0 Å². The van der Waals surface area contributed by atoms with Gasteiger partial charge in [-0.2, -0.15) is 0 Å². The maximum absolute atomic E-state index is 12.3. The number of halogens is 2. The van der Waals surface area contributed by atoms with E-state index in [1.165, 1.54) is 0 Å². The number of pyridine rings is 1. The van der Waals surface area contributed by atoms with Crippen LogP contribution in [0.15, 0.2) is 12.1 Å². The first-order valence-electron chi connectivity index (χ1n) is 5.62. The largest absolute Gasteiger partial charge is 0.336 e. The zero-order valence-electron chi connectivity index (χ0n) is 9.78. The minimum Gasteiger partial charge on any atom is -0.336 e. The van der Waals surface area contributed by atoms with Gasteiger partial charge in [0.2, 0.25) is 0 Å². The zero-order chi connectivity index (χ0) is 12.6. The molecule has 0 bridgehead atoms. The van der Waals surface area contributed by atoms with Gasteiger partial charge in [0, 0.05) is 12.6 Å². The molecule has 0 spiro atoms. The lowest BCUT2D eigenvalue weighted by Crippen LogP contribution is -2.34. The summed E-state index contributed by atoms with van der Waals surface area (Å²) in [6.45, 7) is 4.98. The Morgan fingerprint density at radius 1 is 1.41 bits per heavy atom. The van der Waals surface area contributed by atoms with E-state index in [0.29, 0.717) is 16.6 Å². The number of carbonyl (C=O) groups excluding carboxylic acids is 1. The molecule has 1 saturated heterocycles. The van der Waals surface area contributed by atoms with Crippen molar-refractivity contribution in [2.45, 2.75) is 26.3 Å². The summed E-state index contributed by atoms with van der Waals surface area (Å²) in [4.78, 5) is 18.0. The number of nitrogens with zero attached hydrogens (tertiary/aromatic N) is 2.